The SMILES string of the molecule is COc1ccc(-c2cc(C(=O)N3CCN(c4ccccc4)C(=O)C3)[nH]n2)cc1. The van der Waals surface area contributed by atoms with Crippen LogP contribution in [0.4, 0.5) is 5.69 Å². The maximum absolute atomic E-state index is 12.8. The van der Waals surface area contributed by atoms with Crippen LogP contribution in [0.15, 0.2) is 60.7 Å². The number of methoxy groups -OCH3 is 1. The van der Waals surface area contributed by atoms with E-state index in [0.29, 0.717) is 24.5 Å². The summed E-state index contributed by atoms with van der Waals surface area (Å²) in [5.74, 6) is 0.430. The van der Waals surface area contributed by atoms with E-state index in [1.807, 2.05) is 54.6 Å². The summed E-state index contributed by atoms with van der Waals surface area (Å²) < 4.78 is 5.15. The van der Waals surface area contributed by atoms with E-state index in [-0.39, 0.29) is 18.4 Å². The first-order chi connectivity index (χ1) is 13.7. The number of carbonyl (C=O) groups is 2. The second kappa shape index (κ2) is 7.56. The molecule has 0 bridgehead atoms. The molecular formula is C21H20N4O3. The summed E-state index contributed by atoms with van der Waals surface area (Å²) in [7, 11) is 1.61. The molecule has 2 aromatic carbocycles. The number of aromatic amines is 1. The normalized spacial score (nSPS) is 14.2. The molecule has 3 aromatic rings. The van der Waals surface area contributed by atoms with Gasteiger partial charge in [0.15, 0.2) is 0 Å². The van der Waals surface area contributed by atoms with E-state index in [1.165, 1.54) is 0 Å². The molecule has 2 heterocycles. The van der Waals surface area contributed by atoms with Crippen LogP contribution in [0.2, 0.25) is 0 Å². The molecule has 2 amide bonds. The molecule has 7 heteroatoms. The Bertz CT molecular complexity index is 982. The first-order valence-electron chi connectivity index (χ1n) is 9.00. The fraction of sp³-hybridized carbons (Fsp3) is 0.190. The van der Waals surface area contributed by atoms with Crippen LogP contribution in [0, 0.1) is 0 Å². The zero-order valence-corrected chi connectivity index (χ0v) is 15.5. The summed E-state index contributed by atoms with van der Waals surface area (Å²) >= 11 is 0. The molecule has 0 saturated carbocycles. The van der Waals surface area contributed by atoms with E-state index in [9.17, 15) is 9.59 Å². The van der Waals surface area contributed by atoms with Gasteiger partial charge in [0.05, 0.1) is 12.8 Å². The number of para-hydroxylation sites is 1. The van der Waals surface area contributed by atoms with E-state index in [1.54, 1.807) is 23.0 Å². The number of H-pyrrole nitrogens is 1. The number of hydrogen-bond donors (Lipinski definition) is 1. The highest BCUT2D eigenvalue weighted by Gasteiger charge is 2.29. The highest BCUT2D eigenvalue weighted by molar-refractivity contribution is 6.01. The summed E-state index contributed by atoms with van der Waals surface area (Å²) in [6.45, 7) is 0.981. The van der Waals surface area contributed by atoms with Crippen molar-refractivity contribution in [2.24, 2.45) is 0 Å². The van der Waals surface area contributed by atoms with Crippen molar-refractivity contribution in [3.05, 3.63) is 66.4 Å². The summed E-state index contributed by atoms with van der Waals surface area (Å²) in [4.78, 5) is 28.6. The third-order valence-electron chi connectivity index (χ3n) is 4.77. The Kier molecular flexibility index (Phi) is 4.80. The minimum Gasteiger partial charge on any atom is -0.497 e. The molecule has 1 aliphatic rings. The van der Waals surface area contributed by atoms with Gasteiger partial charge in [-0.1, -0.05) is 18.2 Å². The molecule has 1 aliphatic heterocycles. The number of amides is 2. The molecule has 142 valence electrons. The zero-order valence-electron chi connectivity index (χ0n) is 15.5. The van der Waals surface area contributed by atoms with E-state index in [2.05, 4.69) is 10.2 Å². The first kappa shape index (κ1) is 17.8. The molecule has 1 fully saturated rings. The minimum absolute atomic E-state index is 0.0462. The number of nitrogens with zero attached hydrogens (tertiary/aromatic N) is 3. The second-order valence-corrected chi connectivity index (χ2v) is 6.50. The van der Waals surface area contributed by atoms with Crippen LogP contribution in [0.1, 0.15) is 10.5 Å². The lowest BCUT2D eigenvalue weighted by Crippen LogP contribution is -2.52. The van der Waals surface area contributed by atoms with Gasteiger partial charge in [0.2, 0.25) is 5.91 Å². The van der Waals surface area contributed by atoms with Crippen LogP contribution >= 0.6 is 0 Å². The molecule has 7 nitrogen and oxygen atoms in total. The van der Waals surface area contributed by atoms with Gasteiger partial charge in [-0.25, -0.2) is 0 Å². The molecule has 0 unspecified atom stereocenters. The van der Waals surface area contributed by atoms with Gasteiger partial charge in [-0.2, -0.15) is 5.10 Å². The maximum Gasteiger partial charge on any atom is 0.272 e. The van der Waals surface area contributed by atoms with Gasteiger partial charge in [-0.05, 0) is 42.5 Å². The number of piperazine rings is 1. The lowest BCUT2D eigenvalue weighted by atomic mass is 10.1. The number of hydrogen-bond acceptors (Lipinski definition) is 4. The number of ether oxygens (including phenoxy) is 1. The van der Waals surface area contributed by atoms with E-state index < -0.39 is 0 Å². The molecule has 0 atom stereocenters. The summed E-state index contributed by atoms with van der Waals surface area (Å²) in [6.07, 6.45) is 0. The molecule has 0 aliphatic carbocycles. The van der Waals surface area contributed by atoms with E-state index in [0.717, 1.165) is 17.0 Å². The molecule has 1 N–H and O–H groups in total. The van der Waals surface area contributed by atoms with Crippen LogP contribution in [-0.4, -0.2) is 53.7 Å². The van der Waals surface area contributed by atoms with Crippen LogP contribution in [0.3, 0.4) is 0 Å². The van der Waals surface area contributed by atoms with Crippen molar-refractivity contribution in [2.45, 2.75) is 0 Å². The van der Waals surface area contributed by atoms with Gasteiger partial charge in [0, 0.05) is 24.3 Å². The second-order valence-electron chi connectivity index (χ2n) is 6.50. The Hall–Kier alpha value is -3.61. The first-order valence-corrected chi connectivity index (χ1v) is 9.00. The Morgan fingerprint density at radius 3 is 2.50 bits per heavy atom. The predicted octanol–water partition coefficient (Wildman–Crippen LogP) is 2.57. The molecule has 0 radical (unpaired) electrons. The third kappa shape index (κ3) is 3.46. The lowest BCUT2D eigenvalue weighted by Gasteiger charge is -2.34. The number of aromatic nitrogens is 2. The van der Waals surface area contributed by atoms with Gasteiger partial charge in [0.1, 0.15) is 18.0 Å². The average Bonchev–Trinajstić information content (AvgIpc) is 3.24. The summed E-state index contributed by atoms with van der Waals surface area (Å²) in [6, 6.07) is 18.6. The summed E-state index contributed by atoms with van der Waals surface area (Å²) in [5, 5.41) is 7.02. The van der Waals surface area contributed by atoms with Crippen molar-refractivity contribution in [3.63, 3.8) is 0 Å². The van der Waals surface area contributed by atoms with Crippen LogP contribution in [-0.2, 0) is 4.79 Å². The smallest absolute Gasteiger partial charge is 0.272 e. The maximum atomic E-state index is 12.8. The van der Waals surface area contributed by atoms with Crippen molar-refractivity contribution in [1.82, 2.24) is 15.1 Å². The van der Waals surface area contributed by atoms with Gasteiger partial charge in [0.25, 0.3) is 5.91 Å². The molecule has 1 saturated heterocycles. The van der Waals surface area contributed by atoms with Crippen molar-refractivity contribution in [1.29, 1.82) is 0 Å². The Morgan fingerprint density at radius 2 is 1.82 bits per heavy atom. The quantitative estimate of drug-likeness (QED) is 0.759. The molecule has 4 rings (SSSR count). The van der Waals surface area contributed by atoms with Crippen LogP contribution in [0.25, 0.3) is 11.3 Å². The third-order valence-corrected chi connectivity index (χ3v) is 4.77. The topological polar surface area (TPSA) is 78.5 Å². The number of nitrogens with one attached hydrogen (secondary N) is 1. The summed E-state index contributed by atoms with van der Waals surface area (Å²) in [5.41, 5.74) is 2.76. The van der Waals surface area contributed by atoms with Gasteiger partial charge in [-0.3, -0.25) is 14.7 Å². The van der Waals surface area contributed by atoms with Gasteiger partial charge < -0.3 is 14.5 Å². The van der Waals surface area contributed by atoms with Crippen molar-refractivity contribution < 1.29 is 14.3 Å². The van der Waals surface area contributed by atoms with Crippen molar-refractivity contribution in [3.8, 4) is 17.0 Å². The average molecular weight is 376 g/mol. The predicted molar refractivity (Wildman–Crippen MR) is 105 cm³/mol. The highest BCUT2D eigenvalue weighted by Crippen LogP contribution is 2.22. The molecule has 28 heavy (non-hydrogen) atoms. The Morgan fingerprint density at radius 1 is 1.07 bits per heavy atom. The number of rotatable bonds is 4. The fourth-order valence-electron chi connectivity index (χ4n) is 3.24. The van der Waals surface area contributed by atoms with Crippen LogP contribution in [0.5, 0.6) is 5.75 Å². The van der Waals surface area contributed by atoms with Crippen molar-refractivity contribution in [2.75, 3.05) is 31.6 Å². The minimum atomic E-state index is -0.228. The molecule has 0 spiro atoms. The standard InChI is InChI=1S/C21H20N4O3/c1-28-17-9-7-15(8-10-17)18-13-19(23-22-18)21(27)24-11-12-25(20(26)14-24)16-5-3-2-4-6-16/h2-10,13H,11-12,14H2,1H3,(H,22,23). The van der Waals surface area contributed by atoms with E-state index in [4.69, 9.17) is 4.74 Å². The van der Waals surface area contributed by atoms with Crippen molar-refractivity contribution >= 4 is 17.5 Å². The Balaban J connectivity index is 1.45. The van der Waals surface area contributed by atoms with E-state index >= 15 is 0 Å². The van der Waals surface area contributed by atoms with Gasteiger partial charge in [-0.15, -0.1) is 0 Å². The largest absolute Gasteiger partial charge is 0.497 e. The fourth-order valence-corrected chi connectivity index (χ4v) is 3.24. The molecular weight excluding hydrogens is 356 g/mol. The Labute approximate surface area is 162 Å². The number of carbonyl (C=O) groups excluding carboxylic acids is 2. The number of benzene rings is 2. The van der Waals surface area contributed by atoms with Crippen LogP contribution < -0.4 is 9.64 Å². The monoisotopic (exact) mass is 376 g/mol. The zero-order chi connectivity index (χ0) is 19.5. The highest BCUT2D eigenvalue weighted by atomic mass is 16.5. The molecule has 1 aromatic heterocycles. The number of anilines is 1. The van der Waals surface area contributed by atoms with Gasteiger partial charge >= 0.3 is 0 Å². The lowest BCUT2D eigenvalue weighted by molar-refractivity contribution is -0.120.